The molecule has 2 N–H and O–H groups in total. The van der Waals surface area contributed by atoms with Crippen molar-refractivity contribution in [3.63, 3.8) is 0 Å². The third-order valence-corrected chi connectivity index (χ3v) is 3.56. The molecule has 0 saturated carbocycles. The lowest BCUT2D eigenvalue weighted by Gasteiger charge is -2.08. The van der Waals surface area contributed by atoms with E-state index < -0.39 is 0 Å². The second-order valence-electron chi connectivity index (χ2n) is 4.25. The quantitative estimate of drug-likeness (QED) is 0.759. The number of nitrogens with zero attached hydrogens (tertiary/aromatic N) is 1. The van der Waals surface area contributed by atoms with E-state index in [1.165, 1.54) is 0 Å². The van der Waals surface area contributed by atoms with Gasteiger partial charge in [-0.25, -0.2) is 0 Å². The molecule has 3 aromatic rings. The Morgan fingerprint density at radius 1 is 1.21 bits per heavy atom. The van der Waals surface area contributed by atoms with Crippen molar-refractivity contribution in [2.45, 2.75) is 6.04 Å². The van der Waals surface area contributed by atoms with Crippen LogP contribution < -0.4 is 5.73 Å². The Kier molecular flexibility index (Phi) is 3.31. The van der Waals surface area contributed by atoms with Crippen molar-refractivity contribution in [2.24, 2.45) is 5.73 Å². The Balaban J connectivity index is 2.04. The summed E-state index contributed by atoms with van der Waals surface area (Å²) in [5.41, 5.74) is 7.86. The molecule has 1 atom stereocenters. The third kappa shape index (κ3) is 2.52. The molecule has 0 bridgehead atoms. The second-order valence-corrected chi connectivity index (χ2v) is 5.60. The van der Waals surface area contributed by atoms with Gasteiger partial charge in [0.25, 0.3) is 0 Å². The molecular formula is C14H10BrClN2O. The first-order chi connectivity index (χ1) is 9.13. The first-order valence-electron chi connectivity index (χ1n) is 5.68. The molecule has 0 aliphatic carbocycles. The van der Waals surface area contributed by atoms with Crippen LogP contribution in [0.1, 0.15) is 17.4 Å². The number of hydrogen-bond acceptors (Lipinski definition) is 3. The Labute approximate surface area is 123 Å². The molecule has 1 aromatic carbocycles. The summed E-state index contributed by atoms with van der Waals surface area (Å²) >= 11 is 9.34. The average Bonchev–Trinajstić information content (AvgIpc) is 2.80. The van der Waals surface area contributed by atoms with Gasteiger partial charge in [-0.15, -0.1) is 0 Å². The van der Waals surface area contributed by atoms with Crippen LogP contribution in [-0.2, 0) is 0 Å². The molecule has 96 valence electrons. The number of benzene rings is 1. The number of aromatic nitrogens is 1. The third-order valence-electron chi connectivity index (χ3n) is 2.89. The normalized spacial score (nSPS) is 12.8. The van der Waals surface area contributed by atoms with Crippen LogP contribution in [0.4, 0.5) is 0 Å². The van der Waals surface area contributed by atoms with E-state index in [2.05, 4.69) is 20.9 Å². The van der Waals surface area contributed by atoms with E-state index in [1.807, 2.05) is 24.3 Å². The minimum Gasteiger partial charge on any atom is -0.459 e. The molecule has 2 aromatic heterocycles. The fourth-order valence-corrected chi connectivity index (χ4v) is 2.51. The maximum Gasteiger partial charge on any atom is 0.134 e. The summed E-state index contributed by atoms with van der Waals surface area (Å²) in [5.74, 6) is 0.692. The fourth-order valence-electron chi connectivity index (χ4n) is 1.95. The van der Waals surface area contributed by atoms with Crippen LogP contribution in [0, 0.1) is 0 Å². The molecular weight excluding hydrogens is 328 g/mol. The van der Waals surface area contributed by atoms with Crippen LogP contribution in [0.15, 0.2) is 51.6 Å². The topological polar surface area (TPSA) is 52.0 Å². The lowest BCUT2D eigenvalue weighted by molar-refractivity contribution is 0.524. The highest BCUT2D eigenvalue weighted by Gasteiger charge is 2.15. The summed E-state index contributed by atoms with van der Waals surface area (Å²) < 4.78 is 6.64. The lowest BCUT2D eigenvalue weighted by atomic mass is 10.1. The van der Waals surface area contributed by atoms with Gasteiger partial charge >= 0.3 is 0 Å². The molecule has 19 heavy (non-hydrogen) atoms. The van der Waals surface area contributed by atoms with Crippen molar-refractivity contribution in [3.05, 3.63) is 63.5 Å². The fraction of sp³-hybridized carbons (Fsp3) is 0.0714. The molecule has 0 radical (unpaired) electrons. The molecule has 0 aliphatic rings. The van der Waals surface area contributed by atoms with Crippen LogP contribution in [0.2, 0.25) is 5.02 Å². The Hall–Kier alpha value is -1.36. The molecule has 0 saturated heterocycles. The number of nitrogens with two attached hydrogens (primary N) is 1. The van der Waals surface area contributed by atoms with Crippen LogP contribution in [0.3, 0.4) is 0 Å². The molecule has 5 heteroatoms. The van der Waals surface area contributed by atoms with Gasteiger partial charge in [-0.2, -0.15) is 0 Å². The maximum absolute atomic E-state index is 6.20. The zero-order valence-electron chi connectivity index (χ0n) is 9.81. The summed E-state index contributed by atoms with van der Waals surface area (Å²) in [5, 5.41) is 1.62. The molecule has 3 rings (SSSR count). The lowest BCUT2D eigenvalue weighted by Crippen LogP contribution is -2.11. The van der Waals surface area contributed by atoms with Crippen LogP contribution in [0.5, 0.6) is 0 Å². The number of furan rings is 1. The zero-order valence-corrected chi connectivity index (χ0v) is 12.1. The number of halogens is 2. The summed E-state index contributed by atoms with van der Waals surface area (Å²) in [6.07, 6.45) is 3.45. The van der Waals surface area contributed by atoms with Gasteiger partial charge in [0.05, 0.1) is 6.04 Å². The highest BCUT2D eigenvalue weighted by Crippen LogP contribution is 2.28. The molecule has 0 spiro atoms. The van der Waals surface area contributed by atoms with Crippen molar-refractivity contribution < 1.29 is 4.42 Å². The first-order valence-corrected chi connectivity index (χ1v) is 6.85. The minimum absolute atomic E-state index is 0.351. The second kappa shape index (κ2) is 4.96. The van der Waals surface area contributed by atoms with Gasteiger partial charge in [0.1, 0.15) is 11.3 Å². The summed E-state index contributed by atoms with van der Waals surface area (Å²) in [6.45, 7) is 0. The summed E-state index contributed by atoms with van der Waals surface area (Å²) in [6, 6.07) is 8.98. The Bertz CT molecular complexity index is 741. The van der Waals surface area contributed by atoms with Crippen molar-refractivity contribution in [3.8, 4) is 0 Å². The number of fused-ring (bicyclic) bond motifs is 1. The Morgan fingerprint density at radius 3 is 2.84 bits per heavy atom. The van der Waals surface area contributed by atoms with Crippen molar-refractivity contribution in [1.82, 2.24) is 4.98 Å². The summed E-state index contributed by atoms with van der Waals surface area (Å²) in [4.78, 5) is 4.11. The van der Waals surface area contributed by atoms with Crippen LogP contribution in [0.25, 0.3) is 11.0 Å². The van der Waals surface area contributed by atoms with Crippen molar-refractivity contribution >= 4 is 38.5 Å². The molecule has 0 aliphatic heterocycles. The van der Waals surface area contributed by atoms with E-state index in [9.17, 15) is 0 Å². The van der Waals surface area contributed by atoms with Crippen LogP contribution in [-0.4, -0.2) is 4.98 Å². The highest BCUT2D eigenvalue weighted by atomic mass is 79.9. The number of rotatable bonds is 2. The van der Waals surface area contributed by atoms with Gasteiger partial charge in [0.2, 0.25) is 0 Å². The largest absolute Gasteiger partial charge is 0.459 e. The smallest absolute Gasteiger partial charge is 0.134 e. The average molecular weight is 338 g/mol. The van der Waals surface area contributed by atoms with Gasteiger partial charge in [-0.3, -0.25) is 4.98 Å². The Morgan fingerprint density at radius 2 is 2.05 bits per heavy atom. The molecule has 3 nitrogen and oxygen atoms in total. The van der Waals surface area contributed by atoms with Crippen molar-refractivity contribution in [2.75, 3.05) is 0 Å². The van der Waals surface area contributed by atoms with Crippen LogP contribution >= 0.6 is 27.5 Å². The molecule has 1 unspecified atom stereocenters. The maximum atomic E-state index is 6.20. The minimum atomic E-state index is -0.351. The first kappa shape index (κ1) is 12.7. The van der Waals surface area contributed by atoms with Gasteiger partial charge in [0, 0.05) is 27.3 Å². The summed E-state index contributed by atoms with van der Waals surface area (Å²) in [7, 11) is 0. The molecule has 0 amide bonds. The highest BCUT2D eigenvalue weighted by molar-refractivity contribution is 9.10. The standard InChI is InChI=1S/C14H10BrClN2O/c15-10-3-9(6-18-7-10)14(17)13-5-8-4-11(16)1-2-12(8)19-13/h1-7,14H,17H2. The monoisotopic (exact) mass is 336 g/mol. The van der Waals surface area contributed by atoms with Gasteiger partial charge in [-0.05, 0) is 51.8 Å². The van der Waals surface area contributed by atoms with E-state index >= 15 is 0 Å². The van der Waals surface area contributed by atoms with Gasteiger partial charge in [0.15, 0.2) is 0 Å². The van der Waals surface area contributed by atoms with E-state index in [0.29, 0.717) is 10.8 Å². The molecule has 2 heterocycles. The van der Waals surface area contributed by atoms with E-state index in [-0.39, 0.29) is 6.04 Å². The van der Waals surface area contributed by atoms with E-state index in [1.54, 1.807) is 18.5 Å². The van der Waals surface area contributed by atoms with E-state index in [0.717, 1.165) is 21.0 Å². The molecule has 0 fully saturated rings. The number of pyridine rings is 1. The van der Waals surface area contributed by atoms with Gasteiger partial charge < -0.3 is 10.2 Å². The number of hydrogen-bond donors (Lipinski definition) is 1. The predicted molar refractivity (Wildman–Crippen MR) is 79.2 cm³/mol. The predicted octanol–water partition coefficient (Wildman–Crippen LogP) is 4.29. The zero-order chi connectivity index (χ0) is 13.4. The van der Waals surface area contributed by atoms with Crippen molar-refractivity contribution in [1.29, 1.82) is 0 Å². The van der Waals surface area contributed by atoms with Gasteiger partial charge in [-0.1, -0.05) is 11.6 Å². The van der Waals surface area contributed by atoms with E-state index in [4.69, 9.17) is 21.8 Å². The SMILES string of the molecule is NC(c1cncc(Br)c1)c1cc2cc(Cl)ccc2o1.